The van der Waals surface area contributed by atoms with Crippen LogP contribution in [0.4, 0.5) is 0 Å². The fourth-order valence-electron chi connectivity index (χ4n) is 4.44. The molecule has 24 heavy (non-hydrogen) atoms. The zero-order valence-corrected chi connectivity index (χ0v) is 19.0. The number of allylic oxidation sites excluding steroid dienone is 6. The summed E-state index contributed by atoms with van der Waals surface area (Å²) in [5.41, 5.74) is 6.63. The molecule has 4 rings (SSSR count). The molecule has 1 atom stereocenters. The quantitative estimate of drug-likeness (QED) is 0.625. The first-order valence-corrected chi connectivity index (χ1v) is 14.7. The minimum Gasteiger partial charge on any atom is -1.00 e. The number of hydrogen-bond acceptors (Lipinski definition) is 0. The van der Waals surface area contributed by atoms with Crippen molar-refractivity contribution in [3.8, 4) is 0 Å². The summed E-state index contributed by atoms with van der Waals surface area (Å²) in [4.78, 5) is 0. The van der Waals surface area contributed by atoms with Gasteiger partial charge in [0, 0.05) is 0 Å². The van der Waals surface area contributed by atoms with E-state index in [0.29, 0.717) is 0 Å². The summed E-state index contributed by atoms with van der Waals surface area (Å²) in [6.07, 6.45) is 8.86. The maximum atomic E-state index is 2.70. The van der Waals surface area contributed by atoms with E-state index in [1.807, 2.05) is 3.28 Å². The van der Waals surface area contributed by atoms with Gasteiger partial charge in [0.15, 0.2) is 0 Å². The molecule has 3 heteroatoms. The van der Waals surface area contributed by atoms with Crippen molar-refractivity contribution in [1.82, 2.24) is 0 Å². The van der Waals surface area contributed by atoms with E-state index < -0.39 is 20.3 Å². The zero-order chi connectivity index (χ0) is 15.5. The van der Waals surface area contributed by atoms with Gasteiger partial charge in [0.25, 0.3) is 0 Å². The molecule has 1 unspecified atom stereocenters. The van der Waals surface area contributed by atoms with Gasteiger partial charge >= 0.3 is 140 Å². The molecule has 0 N–H and O–H groups in total. The number of rotatable bonds is 2. The second kappa shape index (κ2) is 6.90. The van der Waals surface area contributed by atoms with E-state index in [9.17, 15) is 0 Å². The Bertz CT molecular complexity index is 730. The SMILES string of the molecule is CC1=CC=[C]([Zr+2]2([CH]3C=C(C(C)(C)C)c4ccccc43)[CH2][CH2]2)C1.[Cl-].[Cl-]. The summed E-state index contributed by atoms with van der Waals surface area (Å²) < 4.78 is 5.81. The maximum Gasteiger partial charge on any atom is -1.00 e. The Labute approximate surface area is 163 Å². The Balaban J connectivity index is 0.00000104. The summed E-state index contributed by atoms with van der Waals surface area (Å²) in [7, 11) is 0. The smallest absolute Gasteiger partial charge is 1.00 e. The van der Waals surface area contributed by atoms with E-state index in [-0.39, 0.29) is 30.2 Å². The van der Waals surface area contributed by atoms with Crippen LogP contribution >= 0.6 is 0 Å². The Morgan fingerprint density at radius 2 is 1.67 bits per heavy atom. The van der Waals surface area contributed by atoms with E-state index in [2.05, 4.69) is 70.2 Å². The first kappa shape index (κ1) is 20.2. The monoisotopic (exact) mass is 438 g/mol. The molecule has 0 saturated carbocycles. The van der Waals surface area contributed by atoms with Crippen LogP contribution in [0.2, 0.25) is 8.26 Å². The molecule has 0 radical (unpaired) electrons. The number of fused-ring (bicyclic) bond motifs is 1. The van der Waals surface area contributed by atoms with Crippen molar-refractivity contribution < 1.29 is 45.1 Å². The second-order valence-corrected chi connectivity index (χ2v) is 19.7. The van der Waals surface area contributed by atoms with E-state index in [0.717, 1.165) is 3.63 Å². The van der Waals surface area contributed by atoms with Crippen LogP contribution in [0.5, 0.6) is 0 Å². The average Bonchev–Trinajstić information content (AvgIpc) is 2.97. The molecule has 2 aliphatic carbocycles. The van der Waals surface area contributed by atoms with Crippen LogP contribution in [-0.2, 0) is 20.3 Å². The van der Waals surface area contributed by atoms with Crippen molar-refractivity contribution >= 4 is 5.57 Å². The Morgan fingerprint density at radius 1 is 1.00 bits per heavy atom. The molecule has 1 aliphatic heterocycles. The predicted octanol–water partition coefficient (Wildman–Crippen LogP) is 0.417. The fourth-order valence-corrected chi connectivity index (χ4v) is 19.0. The molecule has 0 nitrogen and oxygen atoms in total. The Morgan fingerprint density at radius 3 is 2.21 bits per heavy atom. The summed E-state index contributed by atoms with van der Waals surface area (Å²) in [5, 5.41) is 0. The Hall–Kier alpha value is -0.0969. The van der Waals surface area contributed by atoms with Gasteiger partial charge in [-0.05, 0) is 0 Å². The third-order valence-corrected chi connectivity index (χ3v) is 17.8. The first-order chi connectivity index (χ1) is 10.4. The fraction of sp³-hybridized carbons (Fsp3) is 0.429. The molecule has 1 fully saturated rings. The standard InChI is InChI=1S/C13H15.C6H7.C2H4.2ClH.Zr/c1-13(2,3)12-9-8-10-6-4-5-7-11(10)12;1-6-4-2-3-5-6;1-2;;;/h4-9H,1-3H3;2,4H,5H2,1H3;1-2H2;2*1H;/q;;;;;+2/p-2. The molecule has 1 aromatic carbocycles. The van der Waals surface area contributed by atoms with Gasteiger partial charge in [0.2, 0.25) is 0 Å². The summed E-state index contributed by atoms with van der Waals surface area (Å²) in [5.74, 6) is 0. The molecular formula is C21H26Cl2Zr. The summed E-state index contributed by atoms with van der Waals surface area (Å²) in [6.45, 7) is 9.40. The Kier molecular flexibility index (Phi) is 5.81. The van der Waals surface area contributed by atoms with Crippen LogP contribution < -0.4 is 24.8 Å². The largest absolute Gasteiger partial charge is 1.00 e. The van der Waals surface area contributed by atoms with Gasteiger partial charge < -0.3 is 24.8 Å². The summed E-state index contributed by atoms with van der Waals surface area (Å²) >= 11 is -2.13. The molecule has 0 aromatic heterocycles. The molecular weight excluding hydrogens is 414 g/mol. The van der Waals surface area contributed by atoms with Crippen LogP contribution in [-0.4, -0.2) is 0 Å². The third-order valence-electron chi connectivity index (χ3n) is 5.79. The van der Waals surface area contributed by atoms with Gasteiger partial charge in [0.05, 0.1) is 0 Å². The predicted molar refractivity (Wildman–Crippen MR) is 92.7 cm³/mol. The van der Waals surface area contributed by atoms with Crippen molar-refractivity contribution in [2.75, 3.05) is 0 Å². The zero-order valence-electron chi connectivity index (χ0n) is 15.0. The minimum absolute atomic E-state index is 0. The molecule has 0 amide bonds. The molecule has 128 valence electrons. The van der Waals surface area contributed by atoms with Crippen LogP contribution in [0.25, 0.3) is 5.57 Å². The van der Waals surface area contributed by atoms with E-state index in [1.54, 1.807) is 30.5 Å². The normalized spacial score (nSPS) is 22.0. The van der Waals surface area contributed by atoms with E-state index in [4.69, 9.17) is 0 Å². The van der Waals surface area contributed by atoms with Gasteiger partial charge in [-0.25, -0.2) is 0 Å². The van der Waals surface area contributed by atoms with Crippen LogP contribution in [0.3, 0.4) is 0 Å². The first-order valence-electron chi connectivity index (χ1n) is 8.60. The van der Waals surface area contributed by atoms with Crippen LogP contribution in [0.1, 0.15) is 48.9 Å². The number of benzene rings is 1. The molecule has 1 heterocycles. The third kappa shape index (κ3) is 3.17. The van der Waals surface area contributed by atoms with Crippen molar-refractivity contribution in [3.63, 3.8) is 0 Å². The molecule has 0 spiro atoms. The van der Waals surface area contributed by atoms with Gasteiger partial charge in [-0.3, -0.25) is 0 Å². The number of hydrogen-bond donors (Lipinski definition) is 0. The van der Waals surface area contributed by atoms with Gasteiger partial charge in [-0.2, -0.15) is 0 Å². The van der Waals surface area contributed by atoms with E-state index >= 15 is 0 Å². The van der Waals surface area contributed by atoms with Crippen LogP contribution in [0.15, 0.2) is 51.3 Å². The van der Waals surface area contributed by atoms with Gasteiger partial charge in [-0.1, -0.05) is 0 Å². The minimum atomic E-state index is -2.13. The number of halogens is 2. The second-order valence-electron chi connectivity index (χ2n) is 8.43. The molecule has 0 bridgehead atoms. The maximum absolute atomic E-state index is 2.70. The van der Waals surface area contributed by atoms with Crippen molar-refractivity contribution in [2.45, 2.75) is 46.0 Å². The van der Waals surface area contributed by atoms with Crippen molar-refractivity contribution in [2.24, 2.45) is 5.41 Å². The van der Waals surface area contributed by atoms with Crippen molar-refractivity contribution in [1.29, 1.82) is 0 Å². The molecule has 1 aromatic rings. The van der Waals surface area contributed by atoms with Crippen LogP contribution in [0, 0.1) is 5.41 Å². The van der Waals surface area contributed by atoms with Gasteiger partial charge in [0.1, 0.15) is 0 Å². The molecule has 1 saturated heterocycles. The topological polar surface area (TPSA) is 0 Å². The van der Waals surface area contributed by atoms with Gasteiger partial charge in [-0.15, -0.1) is 0 Å². The van der Waals surface area contributed by atoms with E-state index in [1.165, 1.54) is 6.42 Å². The van der Waals surface area contributed by atoms with Crippen molar-refractivity contribution in [3.05, 3.63) is 62.5 Å². The summed E-state index contributed by atoms with van der Waals surface area (Å²) in [6, 6.07) is 9.25. The molecule has 3 aliphatic rings. The average molecular weight is 441 g/mol.